The summed E-state index contributed by atoms with van der Waals surface area (Å²) in [6.07, 6.45) is 0.853. The third-order valence-corrected chi connectivity index (χ3v) is 3.32. The molecule has 0 aliphatic carbocycles. The van der Waals surface area contributed by atoms with Gasteiger partial charge in [-0.2, -0.15) is 0 Å². The van der Waals surface area contributed by atoms with Crippen molar-refractivity contribution in [2.24, 2.45) is 16.7 Å². The third-order valence-electron chi connectivity index (χ3n) is 3.32. The molecular weight excluding hydrogens is 212 g/mol. The Balaban J connectivity index is 5.14. The topological polar surface area (TPSA) is 26.3 Å². The number of rotatable bonds is 3. The van der Waals surface area contributed by atoms with Gasteiger partial charge in [-0.25, -0.2) is 0 Å². The Labute approximate surface area is 107 Å². The number of hydrogen-bond donors (Lipinski definition) is 0. The molecule has 0 N–H and O–H groups in total. The van der Waals surface area contributed by atoms with E-state index < -0.39 is 11.0 Å². The van der Waals surface area contributed by atoms with E-state index in [2.05, 4.69) is 34.6 Å². The first-order valence-electron chi connectivity index (χ1n) is 6.53. The summed E-state index contributed by atoms with van der Waals surface area (Å²) >= 11 is 0. The molecule has 0 aliphatic rings. The molecule has 0 spiro atoms. The van der Waals surface area contributed by atoms with Crippen molar-refractivity contribution in [3.63, 3.8) is 0 Å². The van der Waals surface area contributed by atoms with E-state index >= 15 is 0 Å². The molecule has 1 atom stereocenters. The van der Waals surface area contributed by atoms with Crippen molar-refractivity contribution in [3.8, 4) is 0 Å². The average Bonchev–Trinajstić information content (AvgIpc) is 1.96. The van der Waals surface area contributed by atoms with Gasteiger partial charge in [0, 0.05) is 0 Å². The van der Waals surface area contributed by atoms with E-state index in [1.165, 1.54) is 0 Å². The minimum atomic E-state index is -0.436. The molecule has 0 fully saturated rings. The lowest BCUT2D eigenvalue weighted by Crippen LogP contribution is -2.45. The van der Waals surface area contributed by atoms with E-state index in [1.54, 1.807) is 0 Å². The molecule has 0 aromatic rings. The SMILES string of the molecule is CC(C)CC(C)(C(=O)OC(C)(C)C)C(C)(C)C. The van der Waals surface area contributed by atoms with E-state index in [-0.39, 0.29) is 11.4 Å². The summed E-state index contributed by atoms with van der Waals surface area (Å²) in [6.45, 7) is 18.4. The summed E-state index contributed by atoms with van der Waals surface area (Å²) in [5.74, 6) is 0.401. The second-order valence-corrected chi connectivity index (χ2v) is 7.68. The van der Waals surface area contributed by atoms with E-state index in [0.717, 1.165) is 6.42 Å². The van der Waals surface area contributed by atoms with Gasteiger partial charge in [0.1, 0.15) is 5.60 Å². The highest BCUT2D eigenvalue weighted by Gasteiger charge is 2.46. The first kappa shape index (κ1) is 16.5. The molecule has 0 aromatic heterocycles. The number of carbonyl (C=O) groups is 1. The molecule has 0 saturated heterocycles. The number of hydrogen-bond acceptors (Lipinski definition) is 2. The largest absolute Gasteiger partial charge is 0.460 e. The lowest BCUT2D eigenvalue weighted by molar-refractivity contribution is -0.175. The average molecular weight is 242 g/mol. The molecule has 0 rings (SSSR count). The van der Waals surface area contributed by atoms with Crippen molar-refractivity contribution in [1.29, 1.82) is 0 Å². The number of ether oxygens (including phenoxy) is 1. The summed E-state index contributed by atoms with van der Waals surface area (Å²) < 4.78 is 5.59. The van der Waals surface area contributed by atoms with Crippen LogP contribution in [-0.2, 0) is 9.53 Å². The molecule has 0 aliphatic heterocycles. The van der Waals surface area contributed by atoms with Crippen molar-refractivity contribution < 1.29 is 9.53 Å². The van der Waals surface area contributed by atoms with Gasteiger partial charge in [-0.05, 0) is 45.4 Å². The van der Waals surface area contributed by atoms with Gasteiger partial charge >= 0.3 is 5.97 Å². The van der Waals surface area contributed by atoms with E-state index in [0.29, 0.717) is 5.92 Å². The highest BCUT2D eigenvalue weighted by Crippen LogP contribution is 2.45. The van der Waals surface area contributed by atoms with Crippen LogP contribution in [0.15, 0.2) is 0 Å². The minimum absolute atomic E-state index is 0.0776. The summed E-state index contributed by atoms with van der Waals surface area (Å²) in [7, 11) is 0. The van der Waals surface area contributed by atoms with Crippen molar-refractivity contribution in [2.75, 3.05) is 0 Å². The fourth-order valence-electron chi connectivity index (χ4n) is 1.90. The van der Waals surface area contributed by atoms with Gasteiger partial charge in [0.2, 0.25) is 0 Å². The van der Waals surface area contributed by atoms with E-state index in [9.17, 15) is 4.79 Å². The molecule has 2 nitrogen and oxygen atoms in total. The highest BCUT2D eigenvalue weighted by atomic mass is 16.6. The van der Waals surface area contributed by atoms with Crippen LogP contribution in [0.5, 0.6) is 0 Å². The maximum Gasteiger partial charge on any atom is 0.312 e. The molecule has 0 amide bonds. The molecule has 102 valence electrons. The third kappa shape index (κ3) is 4.69. The van der Waals surface area contributed by atoms with Gasteiger partial charge < -0.3 is 4.74 Å². The minimum Gasteiger partial charge on any atom is -0.460 e. The lowest BCUT2D eigenvalue weighted by Gasteiger charge is -2.42. The molecule has 17 heavy (non-hydrogen) atoms. The Morgan fingerprint density at radius 3 is 1.65 bits per heavy atom. The van der Waals surface area contributed by atoms with Crippen LogP contribution in [0.25, 0.3) is 0 Å². The fourth-order valence-corrected chi connectivity index (χ4v) is 1.90. The second kappa shape index (κ2) is 4.99. The number of carbonyl (C=O) groups excluding carboxylic acids is 1. The normalized spacial score (nSPS) is 16.8. The quantitative estimate of drug-likeness (QED) is 0.684. The van der Waals surface area contributed by atoms with Crippen LogP contribution in [0.1, 0.15) is 68.7 Å². The molecule has 2 heteroatoms. The zero-order valence-corrected chi connectivity index (χ0v) is 13.1. The number of esters is 1. The Morgan fingerprint density at radius 1 is 1.00 bits per heavy atom. The molecule has 0 radical (unpaired) electrons. The van der Waals surface area contributed by atoms with Crippen LogP contribution >= 0.6 is 0 Å². The molecular formula is C15H30O2. The second-order valence-electron chi connectivity index (χ2n) is 7.68. The first-order chi connectivity index (χ1) is 7.29. The Bertz CT molecular complexity index is 266. The summed E-state index contributed by atoms with van der Waals surface area (Å²) in [6, 6.07) is 0. The maximum atomic E-state index is 12.4. The summed E-state index contributed by atoms with van der Waals surface area (Å²) in [4.78, 5) is 12.4. The van der Waals surface area contributed by atoms with Crippen LogP contribution in [0.3, 0.4) is 0 Å². The van der Waals surface area contributed by atoms with Crippen LogP contribution in [0.2, 0.25) is 0 Å². The molecule has 1 unspecified atom stereocenters. The van der Waals surface area contributed by atoms with Gasteiger partial charge in [-0.15, -0.1) is 0 Å². The summed E-state index contributed by atoms with van der Waals surface area (Å²) in [5.41, 5.74) is -0.950. The predicted molar refractivity (Wildman–Crippen MR) is 72.9 cm³/mol. The zero-order chi connectivity index (χ0) is 14.1. The lowest BCUT2D eigenvalue weighted by atomic mass is 9.64. The van der Waals surface area contributed by atoms with Gasteiger partial charge in [-0.3, -0.25) is 4.79 Å². The monoisotopic (exact) mass is 242 g/mol. The Morgan fingerprint density at radius 2 is 1.41 bits per heavy atom. The predicted octanol–water partition coefficient (Wildman–Crippen LogP) is 4.43. The smallest absolute Gasteiger partial charge is 0.312 e. The molecule has 0 bridgehead atoms. The van der Waals surface area contributed by atoms with Crippen LogP contribution < -0.4 is 0 Å². The molecule has 0 saturated carbocycles. The van der Waals surface area contributed by atoms with E-state index in [1.807, 2.05) is 27.7 Å². The molecule has 0 heterocycles. The molecule has 0 aromatic carbocycles. The van der Waals surface area contributed by atoms with Gasteiger partial charge in [0.05, 0.1) is 5.41 Å². The maximum absolute atomic E-state index is 12.4. The van der Waals surface area contributed by atoms with Crippen LogP contribution in [0.4, 0.5) is 0 Å². The van der Waals surface area contributed by atoms with Crippen molar-refractivity contribution in [2.45, 2.75) is 74.3 Å². The highest BCUT2D eigenvalue weighted by molar-refractivity contribution is 5.77. The Kier molecular flexibility index (Phi) is 4.84. The van der Waals surface area contributed by atoms with Gasteiger partial charge in [-0.1, -0.05) is 34.6 Å². The van der Waals surface area contributed by atoms with Crippen LogP contribution in [-0.4, -0.2) is 11.6 Å². The van der Waals surface area contributed by atoms with Gasteiger partial charge in [0.15, 0.2) is 0 Å². The van der Waals surface area contributed by atoms with Crippen molar-refractivity contribution >= 4 is 5.97 Å². The van der Waals surface area contributed by atoms with E-state index in [4.69, 9.17) is 4.74 Å². The standard InChI is InChI=1S/C15H30O2/c1-11(2)10-15(9,13(3,4)5)12(16)17-14(6,7)8/h11H,10H2,1-9H3. The van der Waals surface area contributed by atoms with Crippen molar-refractivity contribution in [1.82, 2.24) is 0 Å². The van der Waals surface area contributed by atoms with Gasteiger partial charge in [0.25, 0.3) is 0 Å². The Hall–Kier alpha value is -0.530. The fraction of sp³-hybridized carbons (Fsp3) is 0.933. The summed E-state index contributed by atoms with van der Waals surface area (Å²) in [5, 5.41) is 0. The van der Waals surface area contributed by atoms with Crippen molar-refractivity contribution in [3.05, 3.63) is 0 Å². The van der Waals surface area contributed by atoms with Crippen LogP contribution in [0, 0.1) is 16.7 Å². The zero-order valence-electron chi connectivity index (χ0n) is 13.1. The first-order valence-corrected chi connectivity index (χ1v) is 6.53.